The zero-order valence-corrected chi connectivity index (χ0v) is 18.9. The third kappa shape index (κ3) is 5.60. The number of nitrogens with zero attached hydrogens (tertiary/aromatic N) is 2. The maximum absolute atomic E-state index is 13.2. The number of benzene rings is 1. The Hall–Kier alpha value is -2.50. The molecule has 3 atom stereocenters. The van der Waals surface area contributed by atoms with Gasteiger partial charge in [-0.2, -0.15) is 4.31 Å². The first-order valence-corrected chi connectivity index (χ1v) is 11.5. The number of amides is 2. The van der Waals surface area contributed by atoms with E-state index >= 15 is 0 Å². The van der Waals surface area contributed by atoms with Crippen molar-refractivity contribution in [2.24, 2.45) is 5.92 Å². The van der Waals surface area contributed by atoms with Crippen molar-refractivity contribution in [3.8, 4) is 0 Å². The monoisotopic (exact) mass is 454 g/mol. The van der Waals surface area contributed by atoms with Gasteiger partial charge in [0.2, 0.25) is 21.8 Å². The van der Waals surface area contributed by atoms with Gasteiger partial charge in [-0.3, -0.25) is 9.59 Å². The van der Waals surface area contributed by atoms with E-state index in [1.54, 1.807) is 46.0 Å². The lowest BCUT2D eigenvalue weighted by Crippen LogP contribution is -2.63. The lowest BCUT2D eigenvalue weighted by Gasteiger charge is -2.40. The summed E-state index contributed by atoms with van der Waals surface area (Å²) in [4.78, 5) is 38.6. The van der Waals surface area contributed by atoms with E-state index in [1.807, 2.05) is 0 Å². The highest BCUT2D eigenvalue weighted by Gasteiger charge is 2.42. The highest BCUT2D eigenvalue weighted by Crippen LogP contribution is 2.21. The molecule has 1 aromatic carbocycles. The summed E-state index contributed by atoms with van der Waals surface area (Å²) in [5.74, 6) is -2.53. The van der Waals surface area contributed by atoms with Gasteiger partial charge in [0.15, 0.2) is 0 Å². The number of aliphatic carboxylic acids is 1. The van der Waals surface area contributed by atoms with Gasteiger partial charge in [0.05, 0.1) is 10.9 Å². The first-order valence-electron chi connectivity index (χ1n) is 10.1. The first-order chi connectivity index (χ1) is 14.5. The predicted molar refractivity (Wildman–Crippen MR) is 114 cm³/mol. The van der Waals surface area contributed by atoms with E-state index in [0.29, 0.717) is 0 Å². The third-order valence-electron chi connectivity index (χ3n) is 5.35. The second-order valence-electron chi connectivity index (χ2n) is 7.80. The Morgan fingerprint density at radius 1 is 1.10 bits per heavy atom. The van der Waals surface area contributed by atoms with E-state index in [2.05, 4.69) is 10.6 Å². The maximum atomic E-state index is 13.2. The second-order valence-corrected chi connectivity index (χ2v) is 9.74. The minimum Gasteiger partial charge on any atom is -0.480 e. The average Bonchev–Trinajstić information content (AvgIpc) is 2.76. The molecule has 3 N–H and O–H groups in total. The quantitative estimate of drug-likeness (QED) is 0.491. The number of carboxylic acids is 1. The Balaban J connectivity index is 2.24. The van der Waals surface area contributed by atoms with Crippen LogP contribution in [0.15, 0.2) is 35.2 Å². The van der Waals surface area contributed by atoms with E-state index in [0.717, 1.165) is 9.21 Å². The van der Waals surface area contributed by atoms with Gasteiger partial charge in [0, 0.05) is 19.6 Å². The average molecular weight is 455 g/mol. The fraction of sp³-hybridized carbons (Fsp3) is 0.550. The van der Waals surface area contributed by atoms with Crippen LogP contribution >= 0.6 is 0 Å². The van der Waals surface area contributed by atoms with Crippen LogP contribution in [0.25, 0.3) is 0 Å². The fourth-order valence-electron chi connectivity index (χ4n) is 3.29. The van der Waals surface area contributed by atoms with Crippen molar-refractivity contribution < 1.29 is 27.9 Å². The summed E-state index contributed by atoms with van der Waals surface area (Å²) in [5, 5.41) is 15.2. The number of sulfonamides is 1. The van der Waals surface area contributed by atoms with Crippen LogP contribution < -0.4 is 10.6 Å². The molecule has 0 aliphatic carbocycles. The topological polar surface area (TPSA) is 136 Å². The molecule has 2 rings (SSSR count). The van der Waals surface area contributed by atoms with Crippen LogP contribution in [0.2, 0.25) is 0 Å². The van der Waals surface area contributed by atoms with Crippen molar-refractivity contribution in [1.29, 1.82) is 0 Å². The molecule has 1 aliphatic rings. The molecule has 10 nitrogen and oxygen atoms in total. The molecule has 1 aromatic rings. The Labute approximate surface area is 182 Å². The summed E-state index contributed by atoms with van der Waals surface area (Å²) in [6.45, 7) is 4.63. The molecule has 0 saturated carbocycles. The first kappa shape index (κ1) is 24.8. The van der Waals surface area contributed by atoms with Gasteiger partial charge < -0.3 is 20.6 Å². The summed E-state index contributed by atoms with van der Waals surface area (Å²) in [6.07, 6.45) is 0. The van der Waals surface area contributed by atoms with Crippen molar-refractivity contribution >= 4 is 27.8 Å². The van der Waals surface area contributed by atoms with E-state index in [9.17, 15) is 27.9 Å². The van der Waals surface area contributed by atoms with Gasteiger partial charge in [-0.05, 0) is 32.0 Å². The molecular weight excluding hydrogens is 424 g/mol. The van der Waals surface area contributed by atoms with Crippen molar-refractivity contribution in [1.82, 2.24) is 19.8 Å². The molecule has 0 spiro atoms. The minimum absolute atomic E-state index is 0.0432. The summed E-state index contributed by atoms with van der Waals surface area (Å²) in [5.41, 5.74) is 0. The fourth-order valence-corrected chi connectivity index (χ4v) is 4.75. The van der Waals surface area contributed by atoms with E-state index < -0.39 is 40.0 Å². The Kier molecular flexibility index (Phi) is 8.15. The Morgan fingerprint density at radius 2 is 1.71 bits per heavy atom. The smallest absolute Gasteiger partial charge is 0.327 e. The standard InChI is InChI=1S/C20H30N4O6S/c1-13(2)17(22-18(25)14(3)21-4)19(26)24-11-10-23(12-16(24)20(27)28)31(29,30)15-8-6-5-7-9-15/h5-9,13-14,16-17,21H,10-12H2,1-4H3,(H,22,25)(H,27,28)/t14-,16-,17-/m0/s1. The molecule has 0 radical (unpaired) electrons. The SMILES string of the molecule is CN[C@@H](C)C(=O)N[C@H](C(=O)N1CCN(S(=O)(=O)c2ccccc2)C[C@H]1C(=O)O)C(C)C. The van der Waals surface area contributed by atoms with Crippen molar-refractivity contribution in [2.75, 3.05) is 26.7 Å². The zero-order chi connectivity index (χ0) is 23.3. The molecule has 0 aromatic heterocycles. The maximum Gasteiger partial charge on any atom is 0.327 e. The lowest BCUT2D eigenvalue weighted by atomic mass is 10.0. The lowest BCUT2D eigenvalue weighted by molar-refractivity contribution is -0.154. The zero-order valence-electron chi connectivity index (χ0n) is 18.1. The largest absolute Gasteiger partial charge is 0.480 e. The summed E-state index contributed by atoms with van der Waals surface area (Å²) in [7, 11) is -2.28. The second kappa shape index (κ2) is 10.2. The van der Waals surface area contributed by atoms with Crippen LogP contribution in [-0.4, -0.2) is 85.3 Å². The number of carbonyl (C=O) groups is 3. The number of hydrogen-bond acceptors (Lipinski definition) is 6. The van der Waals surface area contributed by atoms with E-state index in [-0.39, 0.29) is 36.4 Å². The molecule has 1 aliphatic heterocycles. The number of likely N-dealkylation sites (N-methyl/N-ethyl adjacent to an activating group) is 1. The van der Waals surface area contributed by atoms with Crippen LogP contribution in [0.5, 0.6) is 0 Å². The predicted octanol–water partition coefficient (Wildman–Crippen LogP) is -0.279. The van der Waals surface area contributed by atoms with Crippen LogP contribution in [0.1, 0.15) is 20.8 Å². The third-order valence-corrected chi connectivity index (χ3v) is 7.23. The van der Waals surface area contributed by atoms with Crippen molar-refractivity contribution in [3.05, 3.63) is 30.3 Å². The summed E-state index contributed by atoms with van der Waals surface area (Å²) < 4.78 is 26.9. The number of nitrogens with one attached hydrogen (secondary N) is 2. The van der Waals surface area contributed by atoms with Crippen molar-refractivity contribution in [2.45, 2.75) is 43.8 Å². The van der Waals surface area contributed by atoms with Crippen LogP contribution in [-0.2, 0) is 24.4 Å². The van der Waals surface area contributed by atoms with Gasteiger partial charge in [-0.15, -0.1) is 0 Å². The van der Waals surface area contributed by atoms with Gasteiger partial charge in [-0.25, -0.2) is 13.2 Å². The number of piperazine rings is 1. The molecular formula is C20H30N4O6S. The van der Waals surface area contributed by atoms with E-state index in [1.165, 1.54) is 12.1 Å². The molecule has 0 unspecified atom stereocenters. The highest BCUT2D eigenvalue weighted by molar-refractivity contribution is 7.89. The molecule has 0 bridgehead atoms. The minimum atomic E-state index is -3.89. The van der Waals surface area contributed by atoms with E-state index in [4.69, 9.17) is 0 Å². The number of carbonyl (C=O) groups excluding carboxylic acids is 2. The van der Waals surface area contributed by atoms with Crippen LogP contribution in [0.3, 0.4) is 0 Å². The molecule has 172 valence electrons. The normalized spacial score (nSPS) is 19.6. The molecule has 1 saturated heterocycles. The summed E-state index contributed by atoms with van der Waals surface area (Å²) >= 11 is 0. The van der Waals surface area contributed by atoms with Crippen LogP contribution in [0, 0.1) is 5.92 Å². The molecule has 2 amide bonds. The van der Waals surface area contributed by atoms with Gasteiger partial charge >= 0.3 is 5.97 Å². The van der Waals surface area contributed by atoms with Crippen molar-refractivity contribution in [3.63, 3.8) is 0 Å². The van der Waals surface area contributed by atoms with Crippen LogP contribution in [0.4, 0.5) is 0 Å². The Bertz CT molecular complexity index is 906. The number of hydrogen-bond donors (Lipinski definition) is 3. The number of carboxylic acid groups (broad SMARTS) is 1. The van der Waals surface area contributed by atoms with Gasteiger partial charge in [0.25, 0.3) is 0 Å². The molecule has 1 heterocycles. The number of rotatable bonds is 8. The Morgan fingerprint density at radius 3 is 2.23 bits per heavy atom. The molecule has 11 heteroatoms. The highest BCUT2D eigenvalue weighted by atomic mass is 32.2. The molecule has 31 heavy (non-hydrogen) atoms. The van der Waals surface area contributed by atoms with Gasteiger partial charge in [0.1, 0.15) is 12.1 Å². The molecule has 1 fully saturated rings. The summed E-state index contributed by atoms with van der Waals surface area (Å²) in [6, 6.07) is 4.92. The van der Waals surface area contributed by atoms with Gasteiger partial charge in [-0.1, -0.05) is 32.0 Å².